The van der Waals surface area contributed by atoms with Crippen LogP contribution in [-0.2, 0) is 10.0 Å². The summed E-state index contributed by atoms with van der Waals surface area (Å²) in [6.45, 7) is 0.349. The standard InChI is InChI=1S/C14H18N2O4S/c1-21(19,20)16-10-5-9-15-14(18)13-8-3-2-6-12(13)7-4-11-17/h2-3,6,8,16-17H,5,9-11H2,1H3,(H,15,18). The number of carbonyl (C=O) groups excluding carboxylic acids is 1. The van der Waals surface area contributed by atoms with Crippen LogP contribution in [0.1, 0.15) is 22.3 Å². The van der Waals surface area contributed by atoms with Gasteiger partial charge in [-0.15, -0.1) is 0 Å². The summed E-state index contributed by atoms with van der Waals surface area (Å²) in [5, 5.41) is 11.4. The Kier molecular flexibility index (Phi) is 6.88. The van der Waals surface area contributed by atoms with Crippen molar-refractivity contribution in [3.8, 4) is 11.8 Å². The first-order valence-corrected chi connectivity index (χ1v) is 8.25. The van der Waals surface area contributed by atoms with Crippen LogP contribution in [-0.4, -0.2) is 45.4 Å². The van der Waals surface area contributed by atoms with Gasteiger partial charge in [-0.1, -0.05) is 24.0 Å². The summed E-state index contributed by atoms with van der Waals surface area (Å²) in [5.41, 5.74) is 0.966. The van der Waals surface area contributed by atoms with Crippen LogP contribution >= 0.6 is 0 Å². The largest absolute Gasteiger partial charge is 0.384 e. The molecule has 6 nitrogen and oxygen atoms in total. The molecule has 0 bridgehead atoms. The molecule has 0 spiro atoms. The second-order valence-corrected chi connectivity index (χ2v) is 6.11. The summed E-state index contributed by atoms with van der Waals surface area (Å²) in [5.74, 6) is 4.93. The molecule has 0 heterocycles. The maximum Gasteiger partial charge on any atom is 0.252 e. The molecule has 114 valence electrons. The first-order valence-electron chi connectivity index (χ1n) is 6.35. The van der Waals surface area contributed by atoms with Gasteiger partial charge in [0.15, 0.2) is 0 Å². The number of carbonyl (C=O) groups is 1. The van der Waals surface area contributed by atoms with Crippen molar-refractivity contribution in [2.45, 2.75) is 6.42 Å². The summed E-state index contributed by atoms with van der Waals surface area (Å²) in [6.07, 6.45) is 1.57. The van der Waals surface area contributed by atoms with Crippen LogP contribution in [0.25, 0.3) is 0 Å². The van der Waals surface area contributed by atoms with Gasteiger partial charge in [-0.05, 0) is 18.6 Å². The number of hydrogen-bond acceptors (Lipinski definition) is 4. The topological polar surface area (TPSA) is 95.5 Å². The van der Waals surface area contributed by atoms with E-state index in [4.69, 9.17) is 5.11 Å². The van der Waals surface area contributed by atoms with E-state index in [1.165, 1.54) is 0 Å². The van der Waals surface area contributed by atoms with E-state index < -0.39 is 10.0 Å². The molecule has 3 N–H and O–H groups in total. The average Bonchev–Trinajstić information content (AvgIpc) is 2.43. The van der Waals surface area contributed by atoms with E-state index in [1.54, 1.807) is 24.3 Å². The molecule has 1 aromatic carbocycles. The zero-order chi connectivity index (χ0) is 15.7. The highest BCUT2D eigenvalue weighted by Gasteiger charge is 2.08. The molecule has 0 fully saturated rings. The Balaban J connectivity index is 2.53. The van der Waals surface area contributed by atoms with Crippen LogP contribution in [0.15, 0.2) is 24.3 Å². The van der Waals surface area contributed by atoms with Gasteiger partial charge in [-0.2, -0.15) is 0 Å². The third kappa shape index (κ3) is 6.90. The van der Waals surface area contributed by atoms with E-state index in [-0.39, 0.29) is 19.1 Å². The lowest BCUT2D eigenvalue weighted by atomic mass is 10.1. The smallest absolute Gasteiger partial charge is 0.252 e. The number of nitrogens with one attached hydrogen (secondary N) is 2. The van der Waals surface area contributed by atoms with E-state index in [0.29, 0.717) is 24.1 Å². The first kappa shape index (κ1) is 17.2. The summed E-state index contributed by atoms with van der Waals surface area (Å²) in [6, 6.07) is 6.83. The van der Waals surface area contributed by atoms with Crippen molar-refractivity contribution < 1.29 is 18.3 Å². The predicted octanol–water partition coefficient (Wildman–Crippen LogP) is -0.301. The number of aliphatic hydroxyl groups is 1. The maximum atomic E-state index is 12.0. The lowest BCUT2D eigenvalue weighted by Gasteiger charge is -2.07. The predicted molar refractivity (Wildman–Crippen MR) is 80.2 cm³/mol. The highest BCUT2D eigenvalue weighted by molar-refractivity contribution is 7.88. The third-order valence-corrected chi connectivity index (χ3v) is 3.21. The zero-order valence-corrected chi connectivity index (χ0v) is 12.5. The van der Waals surface area contributed by atoms with Crippen molar-refractivity contribution in [2.75, 3.05) is 26.0 Å². The Morgan fingerprint density at radius 2 is 2.00 bits per heavy atom. The van der Waals surface area contributed by atoms with E-state index in [2.05, 4.69) is 21.9 Å². The van der Waals surface area contributed by atoms with Gasteiger partial charge in [0.25, 0.3) is 5.91 Å². The monoisotopic (exact) mass is 310 g/mol. The fraction of sp³-hybridized carbons (Fsp3) is 0.357. The van der Waals surface area contributed by atoms with Gasteiger partial charge >= 0.3 is 0 Å². The van der Waals surface area contributed by atoms with Crippen LogP contribution in [0, 0.1) is 11.8 Å². The summed E-state index contributed by atoms with van der Waals surface area (Å²) < 4.78 is 24.1. The number of amides is 1. The van der Waals surface area contributed by atoms with Gasteiger partial charge in [0.1, 0.15) is 6.61 Å². The molecule has 0 saturated heterocycles. The van der Waals surface area contributed by atoms with Crippen molar-refractivity contribution in [1.29, 1.82) is 0 Å². The number of benzene rings is 1. The molecule has 0 radical (unpaired) electrons. The molecule has 1 amide bonds. The van der Waals surface area contributed by atoms with Crippen LogP contribution in [0.4, 0.5) is 0 Å². The molecule has 0 aliphatic carbocycles. The van der Waals surface area contributed by atoms with Gasteiger partial charge in [-0.3, -0.25) is 4.79 Å². The number of rotatable bonds is 6. The molecule has 1 rings (SSSR count). The second kappa shape index (κ2) is 8.42. The van der Waals surface area contributed by atoms with E-state index >= 15 is 0 Å². The van der Waals surface area contributed by atoms with Crippen molar-refractivity contribution in [2.24, 2.45) is 0 Å². The average molecular weight is 310 g/mol. The molecule has 0 aliphatic rings. The van der Waals surface area contributed by atoms with Crippen molar-refractivity contribution in [1.82, 2.24) is 10.0 Å². The minimum absolute atomic E-state index is 0.269. The number of sulfonamides is 1. The molecular formula is C14H18N2O4S. The Hall–Kier alpha value is -1.88. The van der Waals surface area contributed by atoms with Gasteiger partial charge in [-0.25, -0.2) is 13.1 Å². The lowest BCUT2D eigenvalue weighted by molar-refractivity contribution is 0.0953. The molecule has 0 unspecified atom stereocenters. The Bertz CT molecular complexity index is 644. The van der Waals surface area contributed by atoms with Crippen LogP contribution in [0.2, 0.25) is 0 Å². The Morgan fingerprint density at radius 1 is 1.29 bits per heavy atom. The van der Waals surface area contributed by atoms with Crippen LogP contribution in [0.5, 0.6) is 0 Å². The summed E-state index contributed by atoms with van der Waals surface area (Å²) in [7, 11) is -3.20. The van der Waals surface area contributed by atoms with Crippen molar-refractivity contribution in [3.63, 3.8) is 0 Å². The minimum Gasteiger partial charge on any atom is -0.384 e. The molecule has 1 aromatic rings. The van der Waals surface area contributed by atoms with Gasteiger partial charge in [0.2, 0.25) is 10.0 Å². The SMILES string of the molecule is CS(=O)(=O)NCCCNC(=O)c1ccccc1C#CCO. The molecule has 7 heteroatoms. The van der Waals surface area contributed by atoms with E-state index in [1.807, 2.05) is 0 Å². The quantitative estimate of drug-likeness (QED) is 0.496. The highest BCUT2D eigenvalue weighted by Crippen LogP contribution is 2.07. The Morgan fingerprint density at radius 3 is 2.67 bits per heavy atom. The molecule has 0 aromatic heterocycles. The number of aliphatic hydroxyl groups excluding tert-OH is 1. The van der Waals surface area contributed by atoms with Crippen molar-refractivity contribution in [3.05, 3.63) is 35.4 Å². The molecule has 0 saturated carbocycles. The van der Waals surface area contributed by atoms with Crippen LogP contribution < -0.4 is 10.0 Å². The van der Waals surface area contributed by atoms with Gasteiger partial charge < -0.3 is 10.4 Å². The van der Waals surface area contributed by atoms with Crippen molar-refractivity contribution >= 4 is 15.9 Å². The number of hydrogen-bond donors (Lipinski definition) is 3. The first-order chi connectivity index (χ1) is 9.94. The fourth-order valence-corrected chi connectivity index (χ4v) is 2.08. The van der Waals surface area contributed by atoms with Gasteiger partial charge in [0.05, 0.1) is 11.8 Å². The second-order valence-electron chi connectivity index (χ2n) is 4.28. The molecule has 0 atom stereocenters. The Labute approximate surface area is 124 Å². The third-order valence-electron chi connectivity index (χ3n) is 2.48. The maximum absolute atomic E-state index is 12.0. The molecule has 0 aliphatic heterocycles. The van der Waals surface area contributed by atoms with E-state index in [0.717, 1.165) is 6.26 Å². The highest BCUT2D eigenvalue weighted by atomic mass is 32.2. The summed E-state index contributed by atoms with van der Waals surface area (Å²) >= 11 is 0. The molecular weight excluding hydrogens is 292 g/mol. The molecule has 21 heavy (non-hydrogen) atoms. The fourth-order valence-electron chi connectivity index (χ4n) is 1.57. The van der Waals surface area contributed by atoms with Crippen LogP contribution in [0.3, 0.4) is 0 Å². The lowest BCUT2D eigenvalue weighted by Crippen LogP contribution is -2.29. The zero-order valence-electron chi connectivity index (χ0n) is 11.7. The normalized spacial score (nSPS) is 10.6. The minimum atomic E-state index is -3.20. The van der Waals surface area contributed by atoms with Gasteiger partial charge in [0, 0.05) is 18.7 Å². The summed E-state index contributed by atoms with van der Waals surface area (Å²) in [4.78, 5) is 12.0. The van der Waals surface area contributed by atoms with E-state index in [9.17, 15) is 13.2 Å².